The van der Waals surface area contributed by atoms with Crippen molar-refractivity contribution in [2.75, 3.05) is 62.4 Å². The molecule has 0 unspecified atom stereocenters. The molecule has 11 N–H and O–H groups in total. The molecule has 2 aromatic carbocycles. The van der Waals surface area contributed by atoms with E-state index in [0.717, 1.165) is 0 Å². The van der Waals surface area contributed by atoms with Gasteiger partial charge in [0.25, 0.3) is 11.8 Å². The maximum atomic E-state index is 13.9. The molecule has 83 heavy (non-hydrogen) atoms. The van der Waals surface area contributed by atoms with Gasteiger partial charge in [-0.2, -0.15) is 11.8 Å². The fourth-order valence-corrected chi connectivity index (χ4v) is 10.0. The van der Waals surface area contributed by atoms with Gasteiger partial charge in [-0.25, -0.2) is 9.59 Å². The fraction of sp³-hybridized carbons (Fsp3) is 0.450. The number of Topliss-reactive ketones (excluding diaryl/α,β-unsaturated/α-hetero) is 2. The minimum absolute atomic E-state index is 0.0346. The number of nitrogens with one attached hydrogen (secondary N) is 3. The number of hydrogen-bond acceptors (Lipinski definition) is 19. The summed E-state index contributed by atoms with van der Waals surface area (Å²) < 4.78 is 33.4. The van der Waals surface area contributed by atoms with Gasteiger partial charge in [0.05, 0.1) is 17.1 Å². The number of fused-ring (bicyclic) bond motifs is 4. The number of primary amides is 2. The van der Waals surface area contributed by atoms with Crippen molar-refractivity contribution >= 4 is 82.4 Å². The number of benzene rings is 2. The van der Waals surface area contributed by atoms with Gasteiger partial charge in [0.2, 0.25) is 0 Å². The normalized spacial score (nSPS) is 24.0. The van der Waals surface area contributed by atoms with Gasteiger partial charge < -0.3 is 76.3 Å². The Morgan fingerprint density at radius 3 is 1.70 bits per heavy atom. The number of nitrogens with two attached hydrogens (primary N) is 2. The largest absolute Gasteiger partial charge is 0.506 e. The number of hydrogen-bond donors (Lipinski definition) is 9. The zero-order valence-electron chi connectivity index (χ0n) is 49.1. The summed E-state index contributed by atoms with van der Waals surface area (Å²) in [5, 5.41) is 55.0. The minimum atomic E-state index is -1.06. The van der Waals surface area contributed by atoms with Crippen molar-refractivity contribution < 1.29 is 77.6 Å². The number of aliphatic imine (C=N–C) groups is 1. The summed E-state index contributed by atoms with van der Waals surface area (Å²) in [7, 11) is 5.60. The van der Waals surface area contributed by atoms with E-state index in [0.29, 0.717) is 22.5 Å². The second kappa shape index (κ2) is 32.2. The number of rotatable bonds is 13. The van der Waals surface area contributed by atoms with E-state index in [1.54, 1.807) is 65.0 Å². The highest BCUT2D eigenvalue weighted by Gasteiger charge is 2.32. The van der Waals surface area contributed by atoms with Gasteiger partial charge >= 0.3 is 12.2 Å². The smallest absolute Gasteiger partial charge is 0.405 e. The predicted molar refractivity (Wildman–Crippen MR) is 320 cm³/mol. The summed E-state index contributed by atoms with van der Waals surface area (Å²) in [5.74, 6) is -4.33. The Morgan fingerprint density at radius 1 is 0.711 bits per heavy atom. The first-order valence-corrected chi connectivity index (χ1v) is 27.9. The zero-order valence-corrected chi connectivity index (χ0v) is 49.9. The van der Waals surface area contributed by atoms with Crippen LogP contribution in [0.15, 0.2) is 93.6 Å². The Bertz CT molecular complexity index is 2960. The quantitative estimate of drug-likeness (QED) is 0.0298. The van der Waals surface area contributed by atoms with Crippen LogP contribution in [0.25, 0.3) is 6.08 Å². The molecule has 0 radical (unpaired) electrons. The van der Waals surface area contributed by atoms with Crippen LogP contribution in [0.1, 0.15) is 79.4 Å². The molecule has 4 rings (SSSR count). The van der Waals surface area contributed by atoms with Crippen LogP contribution in [-0.2, 0) is 54.0 Å². The number of anilines is 3. The number of allylic oxidation sites excluding steroid dienone is 6. The summed E-state index contributed by atoms with van der Waals surface area (Å²) in [6, 6.07) is 2.39. The van der Waals surface area contributed by atoms with E-state index in [1.165, 1.54) is 96.7 Å². The molecule has 2 aliphatic heterocycles. The topological polar surface area (TPSA) is 339 Å². The molecular formula is C60H80N6O16S. The Hall–Kier alpha value is -7.70. The first-order chi connectivity index (χ1) is 39.3. The van der Waals surface area contributed by atoms with E-state index in [4.69, 9.17) is 39.9 Å². The molecule has 0 aliphatic carbocycles. The number of aromatic hydroxyl groups is 4. The molecule has 0 saturated carbocycles. The first-order valence-electron chi connectivity index (χ1n) is 26.7. The maximum absolute atomic E-state index is 13.9. The summed E-state index contributed by atoms with van der Waals surface area (Å²) in [4.78, 5) is 83.3. The molecule has 22 nitrogen and oxygen atoms in total. The molecule has 4 bridgehead atoms. The molecule has 0 aromatic heterocycles. The number of amides is 4. The summed E-state index contributed by atoms with van der Waals surface area (Å²) in [5.41, 5.74) is 13.0. The molecule has 0 saturated heterocycles. The van der Waals surface area contributed by atoms with Crippen molar-refractivity contribution in [3.63, 3.8) is 0 Å². The highest BCUT2D eigenvalue weighted by atomic mass is 32.2. The summed E-state index contributed by atoms with van der Waals surface area (Å²) in [6.45, 7) is 13.6. The molecule has 23 heteroatoms. The molecule has 4 amide bonds. The van der Waals surface area contributed by atoms with Crippen molar-refractivity contribution in [2.45, 2.75) is 111 Å². The van der Waals surface area contributed by atoms with Gasteiger partial charge in [0.15, 0.2) is 23.8 Å². The van der Waals surface area contributed by atoms with Crippen LogP contribution in [0.4, 0.5) is 32.3 Å². The van der Waals surface area contributed by atoms with Crippen LogP contribution in [0.3, 0.4) is 0 Å². The van der Waals surface area contributed by atoms with Crippen LogP contribution in [0.5, 0.6) is 23.0 Å². The van der Waals surface area contributed by atoms with Crippen LogP contribution in [0, 0.1) is 17.8 Å². The third-order valence-corrected chi connectivity index (χ3v) is 14.7. The SMILES string of the molecule is CO[C@H]1CC(C)=Cc2c(O)c(cc(O)c2NCCSCC=Nc2c(O)cc3c(O)c2C[C@@H](C)C[C@H](OC)C(=O)[C@@H](C)C=C(C)[C@H](OC(N)=O)[C@@H](OC)C=CC=C(C)C(=O)N3)NC(=O)C(C)=CC=C[C@H](OC)[C@@H](OC(N)=O)C(C)=C[C@H](C)C1=O. The van der Waals surface area contributed by atoms with E-state index in [-0.39, 0.29) is 117 Å². The molecule has 2 aromatic rings. The van der Waals surface area contributed by atoms with E-state index in [2.05, 4.69) is 20.9 Å². The molecule has 9 atom stereocenters. The molecule has 0 fully saturated rings. The number of thioether (sulfide) groups is 1. The van der Waals surface area contributed by atoms with E-state index in [9.17, 15) is 49.2 Å². The molecule has 452 valence electrons. The summed E-state index contributed by atoms with van der Waals surface area (Å²) in [6.07, 6.45) is 8.02. The average molecular weight is 1170 g/mol. The van der Waals surface area contributed by atoms with Crippen LogP contribution in [-0.4, -0.2) is 145 Å². The number of nitrogens with zero attached hydrogens (tertiary/aromatic N) is 1. The van der Waals surface area contributed by atoms with Crippen molar-refractivity contribution in [1.29, 1.82) is 0 Å². The third-order valence-electron chi connectivity index (χ3n) is 13.9. The van der Waals surface area contributed by atoms with Crippen LogP contribution in [0.2, 0.25) is 0 Å². The van der Waals surface area contributed by atoms with Gasteiger partial charge in [0.1, 0.15) is 53.1 Å². The number of carbonyl (C=O) groups is 6. The minimum Gasteiger partial charge on any atom is -0.506 e. The van der Waals surface area contributed by atoms with Crippen molar-refractivity contribution in [2.24, 2.45) is 34.2 Å². The number of carbonyl (C=O) groups excluding carboxylic acids is 6. The lowest BCUT2D eigenvalue weighted by Crippen LogP contribution is -2.35. The monoisotopic (exact) mass is 1170 g/mol. The Morgan fingerprint density at radius 2 is 1.20 bits per heavy atom. The number of ketones is 2. The fourth-order valence-electron chi connectivity index (χ4n) is 9.41. The lowest BCUT2D eigenvalue weighted by molar-refractivity contribution is -0.132. The molecule has 2 aliphatic rings. The second-order valence-electron chi connectivity index (χ2n) is 20.4. The van der Waals surface area contributed by atoms with Crippen molar-refractivity contribution in [3.8, 4) is 23.0 Å². The number of ether oxygens (including phenoxy) is 6. The van der Waals surface area contributed by atoms with Gasteiger partial charge in [0, 0.05) is 105 Å². The van der Waals surface area contributed by atoms with Gasteiger partial charge in [-0.05, 0) is 70.6 Å². The number of phenols is 4. The van der Waals surface area contributed by atoms with Gasteiger partial charge in [-0.1, -0.05) is 75.0 Å². The van der Waals surface area contributed by atoms with Crippen LogP contribution < -0.4 is 27.4 Å². The van der Waals surface area contributed by atoms with Gasteiger partial charge in [-0.15, -0.1) is 0 Å². The lowest BCUT2D eigenvalue weighted by atomic mass is 9.88. The average Bonchev–Trinajstić information content (AvgIpc) is 3.63. The highest BCUT2D eigenvalue weighted by molar-refractivity contribution is 7.99. The standard InChI is InChI=1S/C60H80N6O16S/c1-31-23-39-49(43(67)29-41(53(39)71)65-57(73)33(3)15-13-17-45(77-9)55(81-59(61)75)37(7)27-35(5)51(69)47(25-31)79-11)63-19-21-83-22-20-64-50-40-24-32(2)26-48(80-12)52(70)36(6)28-38(8)56(82-60(62)76)46(78-10)18-14-16-34(4)58(74)66-42(54(40)72)30-44(50)68/h13-19,24,27-31,35-36,45-48,55-56,64,67-68,71-72H,20-23,25-26H2,1-12H3,(H2,61,75)(H2,62,76)(H,65,73)(H,66,74)/t31-,35+,36+,45+,46+,47+,48+,55+,56+/m1/s1. The van der Waals surface area contributed by atoms with Gasteiger partial charge in [-0.3, -0.25) is 24.2 Å². The molecule has 0 spiro atoms. The number of phenolic OH excluding ortho intramolecular Hbond substituents is 4. The van der Waals surface area contributed by atoms with E-state index in [1.807, 2.05) is 6.92 Å². The Kier molecular flexibility index (Phi) is 26.3. The van der Waals surface area contributed by atoms with Crippen molar-refractivity contribution in [3.05, 3.63) is 99.7 Å². The van der Waals surface area contributed by atoms with E-state index < -0.39 is 72.5 Å². The predicted octanol–water partition coefficient (Wildman–Crippen LogP) is 8.62. The molecular weight excluding hydrogens is 1090 g/mol. The maximum Gasteiger partial charge on any atom is 0.405 e. The third kappa shape index (κ3) is 19.2. The summed E-state index contributed by atoms with van der Waals surface area (Å²) >= 11 is 1.41. The Labute approximate surface area is 488 Å². The van der Waals surface area contributed by atoms with E-state index >= 15 is 0 Å². The highest BCUT2D eigenvalue weighted by Crippen LogP contribution is 2.45. The zero-order chi connectivity index (χ0) is 61.8. The first kappa shape index (κ1) is 67.8. The lowest BCUT2D eigenvalue weighted by Gasteiger charge is -2.25. The second-order valence-corrected chi connectivity index (χ2v) is 21.5. The van der Waals surface area contributed by atoms with Crippen LogP contribution >= 0.6 is 11.8 Å². The van der Waals surface area contributed by atoms with Crippen molar-refractivity contribution in [1.82, 2.24) is 0 Å². The molecule has 2 heterocycles. The Balaban J connectivity index is 1.64. The number of methoxy groups -OCH3 is 4.